The molecule has 0 saturated heterocycles. The molecule has 0 aliphatic heterocycles. The summed E-state index contributed by atoms with van der Waals surface area (Å²) in [5.74, 6) is 0.811. The fourth-order valence-electron chi connectivity index (χ4n) is 1.85. The Bertz CT molecular complexity index is 661. The topological polar surface area (TPSA) is 93.6 Å². The summed E-state index contributed by atoms with van der Waals surface area (Å²) in [6.45, 7) is 0. The fraction of sp³-hybridized carbons (Fsp3) is 0.267. The maximum Gasteiger partial charge on any atom is 0.232 e. The van der Waals surface area contributed by atoms with Crippen LogP contribution in [0.4, 0.5) is 5.95 Å². The molecule has 7 nitrogen and oxygen atoms in total. The van der Waals surface area contributed by atoms with E-state index in [0.29, 0.717) is 18.1 Å². The van der Waals surface area contributed by atoms with Crippen molar-refractivity contribution in [1.82, 2.24) is 9.97 Å². The van der Waals surface area contributed by atoms with Crippen LogP contribution in [0.2, 0.25) is 0 Å². The van der Waals surface area contributed by atoms with Crippen molar-refractivity contribution in [2.24, 2.45) is 0 Å². The number of nitrogens with zero attached hydrogens (tertiary/aromatic N) is 2. The van der Waals surface area contributed by atoms with E-state index in [4.69, 9.17) is 9.47 Å². The van der Waals surface area contributed by atoms with E-state index in [1.165, 1.54) is 20.4 Å². The molecule has 116 valence electrons. The standard InChI is InChI=1S/C15H17N3O4/c1-21-12-5-3-10(9-11(12)19)4-6-13(20)17-15-16-8-7-14(18-15)22-2/h3,5,7-9,19H,4,6H2,1-2H3,(H,16,17,18,20). The Balaban J connectivity index is 1.91. The van der Waals surface area contributed by atoms with Crippen LogP contribution in [0.15, 0.2) is 30.5 Å². The molecular weight excluding hydrogens is 286 g/mol. The first-order valence-electron chi connectivity index (χ1n) is 6.65. The van der Waals surface area contributed by atoms with E-state index >= 15 is 0 Å². The van der Waals surface area contributed by atoms with Crippen LogP contribution in [0.25, 0.3) is 0 Å². The van der Waals surface area contributed by atoms with Crippen LogP contribution >= 0.6 is 0 Å². The van der Waals surface area contributed by atoms with Gasteiger partial charge in [-0.2, -0.15) is 4.98 Å². The molecule has 0 spiro atoms. The summed E-state index contributed by atoms with van der Waals surface area (Å²) in [5, 5.41) is 12.3. The van der Waals surface area contributed by atoms with Crippen LogP contribution in [-0.4, -0.2) is 35.2 Å². The smallest absolute Gasteiger partial charge is 0.232 e. The van der Waals surface area contributed by atoms with Gasteiger partial charge in [0.15, 0.2) is 11.5 Å². The summed E-state index contributed by atoms with van der Waals surface area (Å²) >= 11 is 0. The summed E-state index contributed by atoms with van der Waals surface area (Å²) in [7, 11) is 2.97. The zero-order valence-electron chi connectivity index (χ0n) is 12.4. The number of nitrogens with one attached hydrogen (secondary N) is 1. The van der Waals surface area contributed by atoms with E-state index in [0.717, 1.165) is 5.56 Å². The molecule has 7 heteroatoms. The highest BCUT2D eigenvalue weighted by atomic mass is 16.5. The normalized spacial score (nSPS) is 10.1. The van der Waals surface area contributed by atoms with Gasteiger partial charge in [-0.3, -0.25) is 10.1 Å². The number of amides is 1. The summed E-state index contributed by atoms with van der Waals surface area (Å²) in [6.07, 6.45) is 2.22. The summed E-state index contributed by atoms with van der Waals surface area (Å²) < 4.78 is 9.93. The van der Waals surface area contributed by atoms with Crippen LogP contribution in [0.3, 0.4) is 0 Å². The van der Waals surface area contributed by atoms with Gasteiger partial charge in [-0.25, -0.2) is 4.98 Å². The fourth-order valence-corrected chi connectivity index (χ4v) is 1.85. The molecule has 1 heterocycles. The van der Waals surface area contributed by atoms with Crippen molar-refractivity contribution in [3.63, 3.8) is 0 Å². The first-order chi connectivity index (χ1) is 10.6. The predicted octanol–water partition coefficient (Wildman–Crippen LogP) is 1.77. The zero-order chi connectivity index (χ0) is 15.9. The third-order valence-electron chi connectivity index (χ3n) is 2.97. The van der Waals surface area contributed by atoms with Gasteiger partial charge in [0.1, 0.15) is 0 Å². The zero-order valence-corrected chi connectivity index (χ0v) is 12.4. The number of anilines is 1. The van der Waals surface area contributed by atoms with E-state index < -0.39 is 0 Å². The number of phenolic OH excluding ortho intramolecular Hbond substituents is 1. The van der Waals surface area contributed by atoms with Crippen molar-refractivity contribution in [3.05, 3.63) is 36.0 Å². The molecule has 2 N–H and O–H groups in total. The molecule has 0 fully saturated rings. The van der Waals surface area contributed by atoms with Gasteiger partial charge in [-0.15, -0.1) is 0 Å². The number of carbonyl (C=O) groups is 1. The summed E-state index contributed by atoms with van der Waals surface area (Å²) in [4.78, 5) is 19.8. The minimum atomic E-state index is -0.219. The number of phenols is 1. The number of aromatic nitrogens is 2. The molecular formula is C15H17N3O4. The molecule has 0 bridgehead atoms. The highest BCUT2D eigenvalue weighted by Gasteiger charge is 2.08. The lowest BCUT2D eigenvalue weighted by molar-refractivity contribution is -0.116. The Morgan fingerprint density at radius 2 is 2.09 bits per heavy atom. The number of methoxy groups -OCH3 is 2. The molecule has 2 aromatic rings. The first kappa shape index (κ1) is 15.6. The number of aromatic hydroxyl groups is 1. The van der Waals surface area contributed by atoms with Gasteiger partial charge >= 0.3 is 0 Å². The van der Waals surface area contributed by atoms with Crippen LogP contribution in [0, 0.1) is 0 Å². The second-order valence-corrected chi connectivity index (χ2v) is 4.48. The Morgan fingerprint density at radius 1 is 1.27 bits per heavy atom. The van der Waals surface area contributed by atoms with Crippen LogP contribution in [0.5, 0.6) is 17.4 Å². The minimum Gasteiger partial charge on any atom is -0.504 e. The van der Waals surface area contributed by atoms with Gasteiger partial charge < -0.3 is 14.6 Å². The van der Waals surface area contributed by atoms with E-state index in [9.17, 15) is 9.90 Å². The molecule has 1 aromatic heterocycles. The molecule has 1 aromatic carbocycles. The van der Waals surface area contributed by atoms with Crippen molar-refractivity contribution in [2.45, 2.75) is 12.8 Å². The average Bonchev–Trinajstić information content (AvgIpc) is 2.53. The quantitative estimate of drug-likeness (QED) is 0.844. The third-order valence-corrected chi connectivity index (χ3v) is 2.97. The number of hydrogen-bond acceptors (Lipinski definition) is 6. The van der Waals surface area contributed by atoms with Gasteiger partial charge in [0.25, 0.3) is 0 Å². The monoisotopic (exact) mass is 303 g/mol. The second kappa shape index (κ2) is 7.26. The number of carbonyl (C=O) groups excluding carboxylic acids is 1. The number of rotatable bonds is 6. The molecule has 0 aliphatic carbocycles. The van der Waals surface area contributed by atoms with E-state index in [1.54, 1.807) is 24.3 Å². The average molecular weight is 303 g/mol. The Kier molecular flexibility index (Phi) is 5.13. The largest absolute Gasteiger partial charge is 0.504 e. The molecule has 0 aliphatic rings. The maximum atomic E-state index is 11.9. The SMILES string of the molecule is COc1ccnc(NC(=O)CCc2ccc(OC)c(O)c2)n1. The molecule has 0 saturated carbocycles. The first-order valence-corrected chi connectivity index (χ1v) is 6.65. The summed E-state index contributed by atoms with van der Waals surface area (Å²) in [5.41, 5.74) is 0.833. The van der Waals surface area contributed by atoms with Crippen LogP contribution in [0.1, 0.15) is 12.0 Å². The van der Waals surface area contributed by atoms with E-state index in [-0.39, 0.29) is 24.0 Å². The van der Waals surface area contributed by atoms with Crippen molar-refractivity contribution in [3.8, 4) is 17.4 Å². The molecule has 0 unspecified atom stereocenters. The highest BCUT2D eigenvalue weighted by molar-refractivity contribution is 5.89. The van der Waals surface area contributed by atoms with Crippen molar-refractivity contribution >= 4 is 11.9 Å². The van der Waals surface area contributed by atoms with Crippen LogP contribution < -0.4 is 14.8 Å². The lowest BCUT2D eigenvalue weighted by atomic mass is 10.1. The maximum absolute atomic E-state index is 11.9. The highest BCUT2D eigenvalue weighted by Crippen LogP contribution is 2.26. The third kappa shape index (κ3) is 4.08. The minimum absolute atomic E-state index is 0.0523. The number of benzene rings is 1. The predicted molar refractivity (Wildman–Crippen MR) is 80.2 cm³/mol. The van der Waals surface area contributed by atoms with Gasteiger partial charge in [-0.05, 0) is 24.1 Å². The van der Waals surface area contributed by atoms with Gasteiger partial charge in [0, 0.05) is 18.7 Å². The number of aryl methyl sites for hydroxylation is 1. The Labute approximate surface area is 127 Å². The molecule has 0 atom stereocenters. The molecule has 0 radical (unpaired) electrons. The van der Waals surface area contributed by atoms with Crippen molar-refractivity contribution in [2.75, 3.05) is 19.5 Å². The second-order valence-electron chi connectivity index (χ2n) is 4.48. The molecule has 1 amide bonds. The summed E-state index contributed by atoms with van der Waals surface area (Å²) in [6, 6.07) is 6.63. The van der Waals surface area contributed by atoms with Crippen molar-refractivity contribution in [1.29, 1.82) is 0 Å². The Morgan fingerprint density at radius 3 is 2.77 bits per heavy atom. The number of hydrogen-bond donors (Lipinski definition) is 2. The Hall–Kier alpha value is -2.83. The van der Waals surface area contributed by atoms with E-state index in [2.05, 4.69) is 15.3 Å². The lowest BCUT2D eigenvalue weighted by Gasteiger charge is -2.07. The number of ether oxygens (including phenoxy) is 2. The van der Waals surface area contributed by atoms with Gasteiger partial charge in [0.05, 0.1) is 14.2 Å². The lowest BCUT2D eigenvalue weighted by Crippen LogP contribution is -2.14. The van der Waals surface area contributed by atoms with Gasteiger partial charge in [-0.1, -0.05) is 6.07 Å². The van der Waals surface area contributed by atoms with Gasteiger partial charge in [0.2, 0.25) is 17.7 Å². The molecule has 22 heavy (non-hydrogen) atoms. The van der Waals surface area contributed by atoms with Crippen LogP contribution in [-0.2, 0) is 11.2 Å². The van der Waals surface area contributed by atoms with Crippen molar-refractivity contribution < 1.29 is 19.4 Å². The van der Waals surface area contributed by atoms with E-state index in [1.807, 2.05) is 0 Å². The molecule has 2 rings (SSSR count).